The van der Waals surface area contributed by atoms with E-state index in [2.05, 4.69) is 20.9 Å². The molecule has 1 aromatic carbocycles. The summed E-state index contributed by atoms with van der Waals surface area (Å²) in [6, 6.07) is 5.29. The predicted octanol–water partition coefficient (Wildman–Crippen LogP) is 2.18. The van der Waals surface area contributed by atoms with Gasteiger partial charge in [-0.3, -0.25) is 4.79 Å². The molecule has 0 unspecified atom stereocenters. The van der Waals surface area contributed by atoms with Crippen molar-refractivity contribution in [2.45, 2.75) is 20.4 Å². The molecular weight excluding hydrogens is 311 g/mol. The Hall–Kier alpha value is -1.46. The van der Waals surface area contributed by atoms with Crippen LogP contribution in [-0.2, 0) is 11.3 Å². The summed E-state index contributed by atoms with van der Waals surface area (Å²) in [4.78, 5) is 15.8. The minimum Gasteiger partial charge on any atom is -0.357 e. The van der Waals surface area contributed by atoms with Gasteiger partial charge in [0.05, 0.1) is 13.1 Å². The molecule has 3 N–H and O–H groups in total. The standard InChI is InChI=1S/C14H20Cl2N4O/c1-3-17-13(21)9-20-14(18-4-2)19-8-10-5-6-11(15)7-12(10)16/h5-7H,3-4,8-9H2,1-2H3,(H,17,21)(H2,18,19,20). The molecule has 1 rings (SSSR count). The Morgan fingerprint density at radius 2 is 1.86 bits per heavy atom. The molecule has 5 nitrogen and oxygen atoms in total. The lowest BCUT2D eigenvalue weighted by Gasteiger charge is -2.11. The van der Waals surface area contributed by atoms with Crippen molar-refractivity contribution in [3.63, 3.8) is 0 Å². The Bertz CT molecular complexity index is 506. The summed E-state index contributed by atoms with van der Waals surface area (Å²) in [6.07, 6.45) is 0. The van der Waals surface area contributed by atoms with Gasteiger partial charge in [-0.2, -0.15) is 0 Å². The Labute approximate surface area is 135 Å². The maximum Gasteiger partial charge on any atom is 0.239 e. The number of rotatable bonds is 6. The van der Waals surface area contributed by atoms with Gasteiger partial charge in [0.2, 0.25) is 5.91 Å². The average molecular weight is 331 g/mol. The number of nitrogens with zero attached hydrogens (tertiary/aromatic N) is 1. The van der Waals surface area contributed by atoms with Crippen LogP contribution in [0.4, 0.5) is 0 Å². The number of nitrogens with one attached hydrogen (secondary N) is 3. The summed E-state index contributed by atoms with van der Waals surface area (Å²) in [6.45, 7) is 5.72. The molecule has 7 heteroatoms. The highest BCUT2D eigenvalue weighted by Crippen LogP contribution is 2.21. The minimum atomic E-state index is -0.0763. The van der Waals surface area contributed by atoms with Crippen molar-refractivity contribution >= 4 is 35.1 Å². The van der Waals surface area contributed by atoms with Gasteiger partial charge in [-0.1, -0.05) is 29.3 Å². The second-order valence-electron chi connectivity index (χ2n) is 4.24. The number of hydrogen-bond donors (Lipinski definition) is 3. The molecule has 0 spiro atoms. The number of likely N-dealkylation sites (N-methyl/N-ethyl adjacent to an activating group) is 1. The van der Waals surface area contributed by atoms with Crippen LogP contribution < -0.4 is 16.0 Å². The third-order valence-electron chi connectivity index (χ3n) is 2.56. The van der Waals surface area contributed by atoms with E-state index in [9.17, 15) is 4.79 Å². The summed E-state index contributed by atoms with van der Waals surface area (Å²) in [5, 5.41) is 9.91. The van der Waals surface area contributed by atoms with Gasteiger partial charge in [-0.05, 0) is 31.5 Å². The molecule has 1 aromatic rings. The van der Waals surface area contributed by atoms with E-state index < -0.39 is 0 Å². The monoisotopic (exact) mass is 330 g/mol. The van der Waals surface area contributed by atoms with Crippen LogP contribution in [-0.4, -0.2) is 31.5 Å². The van der Waals surface area contributed by atoms with Crippen LogP contribution >= 0.6 is 23.2 Å². The third-order valence-corrected chi connectivity index (χ3v) is 3.14. The zero-order valence-corrected chi connectivity index (χ0v) is 13.7. The van der Waals surface area contributed by atoms with Crippen molar-refractivity contribution in [3.05, 3.63) is 33.8 Å². The average Bonchev–Trinajstić information content (AvgIpc) is 2.44. The molecule has 0 heterocycles. The first-order valence-corrected chi connectivity index (χ1v) is 7.55. The van der Waals surface area contributed by atoms with Crippen LogP contribution in [0.2, 0.25) is 10.0 Å². The molecule has 21 heavy (non-hydrogen) atoms. The Balaban J connectivity index is 2.64. The Morgan fingerprint density at radius 1 is 1.14 bits per heavy atom. The number of amides is 1. The normalized spacial score (nSPS) is 11.1. The molecule has 0 fully saturated rings. The van der Waals surface area contributed by atoms with Crippen molar-refractivity contribution in [2.24, 2.45) is 4.99 Å². The summed E-state index contributed by atoms with van der Waals surface area (Å²) < 4.78 is 0. The van der Waals surface area contributed by atoms with E-state index in [-0.39, 0.29) is 12.5 Å². The molecular formula is C14H20Cl2N4O. The Kier molecular flexibility index (Phi) is 7.93. The first kappa shape index (κ1) is 17.6. The minimum absolute atomic E-state index is 0.0763. The highest BCUT2D eigenvalue weighted by Gasteiger charge is 2.04. The molecule has 0 saturated heterocycles. The molecule has 116 valence electrons. The number of aliphatic imine (C=N–C) groups is 1. The topological polar surface area (TPSA) is 65.5 Å². The van der Waals surface area contributed by atoms with Gasteiger partial charge in [0.25, 0.3) is 0 Å². The summed E-state index contributed by atoms with van der Waals surface area (Å²) in [5.74, 6) is 0.488. The number of hydrogen-bond acceptors (Lipinski definition) is 2. The lowest BCUT2D eigenvalue weighted by molar-refractivity contribution is -0.119. The highest BCUT2D eigenvalue weighted by atomic mass is 35.5. The van der Waals surface area contributed by atoms with Gasteiger partial charge in [0, 0.05) is 23.1 Å². The molecule has 0 aliphatic rings. The Morgan fingerprint density at radius 3 is 2.48 bits per heavy atom. The number of carbonyl (C=O) groups is 1. The van der Waals surface area contributed by atoms with Gasteiger partial charge < -0.3 is 16.0 Å². The van der Waals surface area contributed by atoms with E-state index in [4.69, 9.17) is 23.2 Å². The molecule has 0 saturated carbocycles. The zero-order valence-electron chi connectivity index (χ0n) is 12.2. The van der Waals surface area contributed by atoms with Crippen LogP contribution in [0.25, 0.3) is 0 Å². The third kappa shape index (κ3) is 6.69. The molecule has 0 atom stereocenters. The van der Waals surface area contributed by atoms with Crippen molar-refractivity contribution in [3.8, 4) is 0 Å². The first-order valence-electron chi connectivity index (χ1n) is 6.79. The summed E-state index contributed by atoms with van der Waals surface area (Å²) in [7, 11) is 0. The first-order chi connectivity index (χ1) is 10.1. The van der Waals surface area contributed by atoms with Crippen LogP contribution in [0.3, 0.4) is 0 Å². The SMILES string of the molecule is CCNC(=O)CNC(=NCc1ccc(Cl)cc1Cl)NCC. The van der Waals surface area contributed by atoms with Gasteiger partial charge in [0.15, 0.2) is 5.96 Å². The molecule has 0 bridgehead atoms. The maximum absolute atomic E-state index is 11.4. The fourth-order valence-corrected chi connectivity index (χ4v) is 2.05. The van der Waals surface area contributed by atoms with Crippen LogP contribution in [0.15, 0.2) is 23.2 Å². The molecule has 0 aliphatic heterocycles. The van der Waals surface area contributed by atoms with Crippen LogP contribution in [0.1, 0.15) is 19.4 Å². The molecule has 1 amide bonds. The van der Waals surface area contributed by atoms with Crippen LogP contribution in [0.5, 0.6) is 0 Å². The fraction of sp³-hybridized carbons (Fsp3) is 0.429. The van der Waals surface area contributed by atoms with E-state index in [0.29, 0.717) is 35.6 Å². The van der Waals surface area contributed by atoms with Crippen molar-refractivity contribution in [1.29, 1.82) is 0 Å². The fourth-order valence-electron chi connectivity index (χ4n) is 1.58. The number of benzene rings is 1. The van der Waals surface area contributed by atoms with Gasteiger partial charge in [-0.15, -0.1) is 0 Å². The zero-order chi connectivity index (χ0) is 15.7. The predicted molar refractivity (Wildman–Crippen MR) is 88.0 cm³/mol. The van der Waals surface area contributed by atoms with E-state index in [1.165, 1.54) is 0 Å². The lowest BCUT2D eigenvalue weighted by atomic mass is 10.2. The highest BCUT2D eigenvalue weighted by molar-refractivity contribution is 6.35. The molecule has 0 aromatic heterocycles. The van der Waals surface area contributed by atoms with E-state index in [0.717, 1.165) is 5.56 Å². The van der Waals surface area contributed by atoms with E-state index >= 15 is 0 Å². The number of halogens is 2. The van der Waals surface area contributed by atoms with E-state index in [1.54, 1.807) is 12.1 Å². The van der Waals surface area contributed by atoms with Crippen molar-refractivity contribution in [1.82, 2.24) is 16.0 Å². The lowest BCUT2D eigenvalue weighted by Crippen LogP contribution is -2.43. The van der Waals surface area contributed by atoms with Gasteiger partial charge in [0.1, 0.15) is 0 Å². The van der Waals surface area contributed by atoms with Crippen molar-refractivity contribution in [2.75, 3.05) is 19.6 Å². The second kappa shape index (κ2) is 9.47. The quantitative estimate of drug-likeness (QED) is 0.553. The van der Waals surface area contributed by atoms with Gasteiger partial charge >= 0.3 is 0 Å². The van der Waals surface area contributed by atoms with Crippen LogP contribution in [0, 0.1) is 0 Å². The van der Waals surface area contributed by atoms with E-state index in [1.807, 2.05) is 19.9 Å². The summed E-state index contributed by atoms with van der Waals surface area (Å²) >= 11 is 12.0. The van der Waals surface area contributed by atoms with Crippen molar-refractivity contribution < 1.29 is 4.79 Å². The maximum atomic E-state index is 11.4. The van der Waals surface area contributed by atoms with Gasteiger partial charge in [-0.25, -0.2) is 4.99 Å². The molecule has 0 radical (unpaired) electrons. The second-order valence-corrected chi connectivity index (χ2v) is 5.08. The number of guanidine groups is 1. The molecule has 0 aliphatic carbocycles. The number of carbonyl (C=O) groups excluding carboxylic acids is 1. The summed E-state index contributed by atoms with van der Waals surface area (Å²) in [5.41, 5.74) is 0.872. The smallest absolute Gasteiger partial charge is 0.239 e. The largest absolute Gasteiger partial charge is 0.357 e.